The summed E-state index contributed by atoms with van der Waals surface area (Å²) in [5.74, 6) is 0.874. The van der Waals surface area contributed by atoms with Gasteiger partial charge in [-0.15, -0.1) is 13.7 Å². The number of nitrogens with zero attached hydrogens (tertiary/aromatic N) is 4. The van der Waals surface area contributed by atoms with Gasteiger partial charge in [0.25, 0.3) is 0 Å². The molecular formula is C43H53N4OP. The van der Waals surface area contributed by atoms with Gasteiger partial charge in [0.1, 0.15) is 18.1 Å². The highest BCUT2D eigenvalue weighted by molar-refractivity contribution is 7.38. The second-order valence-electron chi connectivity index (χ2n) is 13.1. The highest BCUT2D eigenvalue weighted by Crippen LogP contribution is 2.37. The zero-order valence-electron chi connectivity index (χ0n) is 29.6. The molecule has 49 heavy (non-hydrogen) atoms. The first-order valence-corrected chi connectivity index (χ1v) is 19.3. The third-order valence-corrected chi connectivity index (χ3v) is 10.5. The molecule has 0 amide bonds. The summed E-state index contributed by atoms with van der Waals surface area (Å²) in [4.78, 5) is 2.13. The van der Waals surface area contributed by atoms with Gasteiger partial charge in [-0.05, 0) is 78.7 Å². The third kappa shape index (κ3) is 11.5. The van der Waals surface area contributed by atoms with Crippen LogP contribution >= 0.6 is 8.58 Å². The first-order chi connectivity index (χ1) is 24.1. The number of rotatable bonds is 20. The Labute approximate surface area is 296 Å². The van der Waals surface area contributed by atoms with Crippen molar-refractivity contribution in [2.45, 2.75) is 64.1 Å². The molecule has 0 aliphatic heterocycles. The Morgan fingerprint density at radius 3 is 1.86 bits per heavy atom. The minimum atomic E-state index is 0.654. The fourth-order valence-corrected chi connectivity index (χ4v) is 7.45. The molecule has 2 atom stereocenters. The van der Waals surface area contributed by atoms with E-state index in [1.165, 1.54) is 50.3 Å². The van der Waals surface area contributed by atoms with E-state index in [4.69, 9.17) is 9.84 Å². The van der Waals surface area contributed by atoms with Crippen LogP contribution in [-0.2, 0) is 6.54 Å². The summed E-state index contributed by atoms with van der Waals surface area (Å²) in [5.41, 5.74) is 8.65. The maximum Gasteiger partial charge on any atom is 0.119 e. The van der Waals surface area contributed by atoms with E-state index in [0.717, 1.165) is 67.4 Å². The molecule has 0 saturated heterocycles. The van der Waals surface area contributed by atoms with Gasteiger partial charge in [0.2, 0.25) is 0 Å². The SMILES string of the molecule is CC(PCCCCCCCCCn1cc(/C(=C(\c2ccccc2)c2ccc(OCCN(C)C)cc2)c2ccccc2)nn1)c1ccccc1. The maximum absolute atomic E-state index is 6.01. The molecule has 1 heterocycles. The summed E-state index contributed by atoms with van der Waals surface area (Å²) in [5, 5.41) is 9.36. The van der Waals surface area contributed by atoms with Gasteiger partial charge >= 0.3 is 0 Å². The molecule has 0 N–H and O–H groups in total. The van der Waals surface area contributed by atoms with Crippen LogP contribution in [0.4, 0.5) is 0 Å². The molecule has 0 aliphatic rings. The van der Waals surface area contributed by atoms with E-state index in [1.54, 1.807) is 0 Å². The molecule has 0 bridgehead atoms. The zero-order valence-corrected chi connectivity index (χ0v) is 30.6. The minimum Gasteiger partial charge on any atom is -0.492 e. The second-order valence-corrected chi connectivity index (χ2v) is 14.9. The van der Waals surface area contributed by atoms with E-state index in [2.05, 4.69) is 153 Å². The van der Waals surface area contributed by atoms with Crippen LogP contribution in [0.2, 0.25) is 0 Å². The summed E-state index contributed by atoms with van der Waals surface area (Å²) in [6.07, 6.45) is 12.5. The van der Waals surface area contributed by atoms with Gasteiger partial charge < -0.3 is 9.64 Å². The normalized spacial score (nSPS) is 12.8. The van der Waals surface area contributed by atoms with Gasteiger partial charge in [0.15, 0.2) is 0 Å². The first kappa shape index (κ1) is 36.2. The fraction of sp³-hybridized carbons (Fsp3) is 0.349. The largest absolute Gasteiger partial charge is 0.492 e. The van der Waals surface area contributed by atoms with E-state index < -0.39 is 0 Å². The Morgan fingerprint density at radius 1 is 0.673 bits per heavy atom. The molecule has 0 aliphatic carbocycles. The average Bonchev–Trinajstić information content (AvgIpc) is 3.61. The monoisotopic (exact) mass is 672 g/mol. The van der Waals surface area contributed by atoms with Crippen molar-refractivity contribution in [2.24, 2.45) is 0 Å². The van der Waals surface area contributed by atoms with E-state index in [-0.39, 0.29) is 0 Å². The summed E-state index contributed by atoms with van der Waals surface area (Å²) in [7, 11) is 5.14. The number of likely N-dealkylation sites (N-methyl/N-ethyl adjacent to an activating group) is 1. The Hall–Kier alpha value is -4.05. The van der Waals surface area contributed by atoms with E-state index >= 15 is 0 Å². The Kier molecular flexibility index (Phi) is 14.7. The lowest BCUT2D eigenvalue weighted by atomic mass is 9.88. The lowest BCUT2D eigenvalue weighted by Crippen LogP contribution is -2.19. The lowest BCUT2D eigenvalue weighted by molar-refractivity contribution is 0.261. The van der Waals surface area contributed by atoms with Crippen molar-refractivity contribution in [3.63, 3.8) is 0 Å². The van der Waals surface area contributed by atoms with E-state index in [0.29, 0.717) is 12.3 Å². The molecule has 0 radical (unpaired) electrons. The van der Waals surface area contributed by atoms with Crippen LogP contribution in [0.25, 0.3) is 11.1 Å². The van der Waals surface area contributed by atoms with E-state index in [9.17, 15) is 0 Å². The van der Waals surface area contributed by atoms with Gasteiger partial charge in [-0.2, -0.15) is 0 Å². The summed E-state index contributed by atoms with van der Waals surface area (Å²) < 4.78 is 8.04. The molecule has 0 spiro atoms. The number of aromatic nitrogens is 3. The van der Waals surface area contributed by atoms with Crippen LogP contribution in [0.1, 0.15) is 85.5 Å². The van der Waals surface area contributed by atoms with Gasteiger partial charge in [-0.1, -0.05) is 147 Å². The Balaban J connectivity index is 1.19. The average molecular weight is 673 g/mol. The number of ether oxygens (including phenoxy) is 1. The number of benzene rings is 4. The van der Waals surface area contributed by atoms with Crippen molar-refractivity contribution >= 4 is 19.7 Å². The maximum atomic E-state index is 6.01. The molecule has 256 valence electrons. The number of hydrogen-bond acceptors (Lipinski definition) is 4. The van der Waals surface area contributed by atoms with Gasteiger partial charge in [-0.3, -0.25) is 4.68 Å². The molecule has 0 fully saturated rings. The highest BCUT2D eigenvalue weighted by Gasteiger charge is 2.19. The molecule has 4 aromatic carbocycles. The lowest BCUT2D eigenvalue weighted by Gasteiger charge is -2.17. The number of aryl methyl sites for hydroxylation is 1. The topological polar surface area (TPSA) is 43.2 Å². The summed E-state index contributed by atoms with van der Waals surface area (Å²) in [6.45, 7) is 4.78. The van der Waals surface area contributed by atoms with Gasteiger partial charge in [0, 0.05) is 18.7 Å². The predicted octanol–water partition coefficient (Wildman–Crippen LogP) is 10.4. The smallest absolute Gasteiger partial charge is 0.119 e. The van der Waals surface area contributed by atoms with Crippen LogP contribution in [0.5, 0.6) is 5.75 Å². The van der Waals surface area contributed by atoms with Crippen LogP contribution in [0.3, 0.4) is 0 Å². The van der Waals surface area contributed by atoms with Crippen molar-refractivity contribution in [1.29, 1.82) is 0 Å². The van der Waals surface area contributed by atoms with Crippen LogP contribution in [-0.4, -0.2) is 53.3 Å². The van der Waals surface area contributed by atoms with Crippen LogP contribution in [0, 0.1) is 0 Å². The molecule has 1 aromatic heterocycles. The molecule has 5 nitrogen and oxygen atoms in total. The predicted molar refractivity (Wildman–Crippen MR) is 209 cm³/mol. The number of hydrogen-bond donors (Lipinski definition) is 0. The van der Waals surface area contributed by atoms with Crippen molar-refractivity contribution in [2.75, 3.05) is 33.4 Å². The quantitative estimate of drug-likeness (QED) is 0.0469. The molecule has 0 saturated carbocycles. The minimum absolute atomic E-state index is 0.654. The summed E-state index contributed by atoms with van der Waals surface area (Å²) in [6, 6.07) is 40.6. The van der Waals surface area contributed by atoms with Gasteiger partial charge in [-0.25, -0.2) is 0 Å². The second kappa shape index (κ2) is 19.8. The Bertz CT molecular complexity index is 1670. The Morgan fingerprint density at radius 2 is 1.22 bits per heavy atom. The van der Waals surface area contributed by atoms with E-state index in [1.807, 2.05) is 4.68 Å². The van der Waals surface area contributed by atoms with Crippen molar-refractivity contribution < 1.29 is 4.74 Å². The standard InChI is InChI=1S/C43H53N4OP/c1-35(36-20-12-9-13-21-36)49-33-19-8-6-4-5-7-18-30-47-34-41(44-45-47)43(38-24-16-11-17-25-38)42(37-22-14-10-15-23-37)39-26-28-40(29-27-39)48-32-31-46(2)3/h9-17,20-29,34-35,49H,4-8,18-19,30-33H2,1-3H3/b43-42+. The molecule has 5 rings (SSSR count). The fourth-order valence-electron chi connectivity index (χ4n) is 6.13. The van der Waals surface area contributed by atoms with Gasteiger partial charge in [0.05, 0.1) is 6.20 Å². The van der Waals surface area contributed by atoms with Crippen molar-refractivity contribution in [1.82, 2.24) is 19.9 Å². The van der Waals surface area contributed by atoms with Crippen molar-refractivity contribution in [3.05, 3.63) is 149 Å². The molecule has 5 aromatic rings. The van der Waals surface area contributed by atoms with Crippen LogP contribution < -0.4 is 4.74 Å². The zero-order chi connectivity index (χ0) is 34.1. The summed E-state index contributed by atoms with van der Waals surface area (Å²) >= 11 is 0. The third-order valence-electron chi connectivity index (χ3n) is 8.93. The molecule has 2 unspecified atom stereocenters. The molecule has 6 heteroatoms. The number of unbranched alkanes of at least 4 members (excludes halogenated alkanes) is 6. The van der Waals surface area contributed by atoms with Crippen LogP contribution in [0.15, 0.2) is 121 Å². The van der Waals surface area contributed by atoms with Crippen molar-refractivity contribution in [3.8, 4) is 5.75 Å². The highest BCUT2D eigenvalue weighted by atomic mass is 31.1. The molecular weight excluding hydrogens is 619 g/mol. The first-order valence-electron chi connectivity index (χ1n) is 18.0.